The van der Waals surface area contributed by atoms with Crippen LogP contribution >= 0.6 is 0 Å². The Morgan fingerprint density at radius 3 is 1.17 bits per heavy atom. The monoisotopic (exact) mass is 353 g/mol. The molecule has 0 aromatic carbocycles. The summed E-state index contributed by atoms with van der Waals surface area (Å²) >= 11 is 0. The fourth-order valence-corrected chi connectivity index (χ4v) is 2.50. The molecule has 0 aliphatic carbocycles. The first-order valence-corrected chi connectivity index (χ1v) is 10.7. The van der Waals surface area contributed by atoms with Crippen molar-refractivity contribution < 1.29 is 17.5 Å². The second kappa shape index (κ2) is 19.9. The van der Waals surface area contributed by atoms with E-state index in [1.54, 1.807) is 0 Å². The largest absolute Gasteiger partial charge is 0.394 e. The fourth-order valence-electron chi connectivity index (χ4n) is 2.50. The standard InChI is InChI=1S/C17H37N.H2O4S/c1-3-4-5-6-7-8-9-10-11-12-13-14-15-16-17-18-2;1-5(2,3)4/h18H,3-17H2,1-2H3;(H2,1,2,3,4). The van der Waals surface area contributed by atoms with Crippen molar-refractivity contribution in [2.24, 2.45) is 0 Å². The second-order valence-corrected chi connectivity index (χ2v) is 7.04. The van der Waals surface area contributed by atoms with Crippen LogP contribution in [0, 0.1) is 0 Å². The molecule has 0 saturated carbocycles. The zero-order valence-electron chi connectivity index (χ0n) is 15.2. The minimum absolute atomic E-state index is 1.19. The van der Waals surface area contributed by atoms with Crippen LogP contribution in [0.5, 0.6) is 0 Å². The minimum atomic E-state index is -4.67. The molecule has 0 saturated heterocycles. The van der Waals surface area contributed by atoms with Crippen LogP contribution < -0.4 is 5.32 Å². The van der Waals surface area contributed by atoms with E-state index < -0.39 is 10.4 Å². The van der Waals surface area contributed by atoms with Gasteiger partial charge in [0.1, 0.15) is 0 Å². The summed E-state index contributed by atoms with van der Waals surface area (Å²) < 4.78 is 31.6. The van der Waals surface area contributed by atoms with Crippen molar-refractivity contribution >= 4 is 10.4 Å². The zero-order valence-corrected chi connectivity index (χ0v) is 16.0. The van der Waals surface area contributed by atoms with Crippen LogP contribution in [0.15, 0.2) is 0 Å². The summed E-state index contributed by atoms with van der Waals surface area (Å²) in [5.74, 6) is 0. The Bertz CT molecular complexity index is 284. The van der Waals surface area contributed by atoms with E-state index in [9.17, 15) is 0 Å². The van der Waals surface area contributed by atoms with E-state index in [0.29, 0.717) is 0 Å². The molecule has 0 aliphatic rings. The number of rotatable bonds is 15. The maximum atomic E-state index is 8.74. The van der Waals surface area contributed by atoms with Gasteiger partial charge in [0, 0.05) is 0 Å². The Labute approximate surface area is 144 Å². The molecule has 0 rings (SSSR count). The molecule has 142 valence electrons. The van der Waals surface area contributed by atoms with E-state index >= 15 is 0 Å². The molecule has 0 fully saturated rings. The van der Waals surface area contributed by atoms with E-state index in [-0.39, 0.29) is 0 Å². The highest BCUT2D eigenvalue weighted by atomic mass is 32.3. The Morgan fingerprint density at radius 2 is 0.913 bits per heavy atom. The lowest BCUT2D eigenvalue weighted by atomic mass is 10.0. The van der Waals surface area contributed by atoms with Crippen molar-refractivity contribution in [2.75, 3.05) is 13.6 Å². The third-order valence-corrected chi connectivity index (χ3v) is 3.78. The summed E-state index contributed by atoms with van der Waals surface area (Å²) in [5, 5.41) is 3.21. The molecule has 0 atom stereocenters. The second-order valence-electron chi connectivity index (χ2n) is 6.15. The molecule has 0 heterocycles. The number of unbranched alkanes of at least 4 members (excludes halogenated alkanes) is 13. The molecule has 6 heteroatoms. The molecule has 0 spiro atoms. The third kappa shape index (κ3) is 39.0. The molecule has 0 bridgehead atoms. The van der Waals surface area contributed by atoms with Crippen molar-refractivity contribution in [3.63, 3.8) is 0 Å². The van der Waals surface area contributed by atoms with Gasteiger partial charge in [0.2, 0.25) is 0 Å². The van der Waals surface area contributed by atoms with Gasteiger partial charge in [-0.1, -0.05) is 90.4 Å². The molecule has 0 radical (unpaired) electrons. The third-order valence-electron chi connectivity index (χ3n) is 3.78. The summed E-state index contributed by atoms with van der Waals surface area (Å²) in [4.78, 5) is 0. The van der Waals surface area contributed by atoms with E-state index in [4.69, 9.17) is 17.5 Å². The highest BCUT2D eigenvalue weighted by molar-refractivity contribution is 7.79. The van der Waals surface area contributed by atoms with Crippen molar-refractivity contribution in [1.29, 1.82) is 0 Å². The average Bonchev–Trinajstić information content (AvgIpc) is 2.46. The van der Waals surface area contributed by atoms with Gasteiger partial charge in [-0.25, -0.2) is 0 Å². The van der Waals surface area contributed by atoms with Crippen LogP contribution in [0.25, 0.3) is 0 Å². The SMILES string of the molecule is CCCCCCCCCCCCCCCCNC.O=S(=O)(O)O. The molecular weight excluding hydrogens is 314 g/mol. The molecule has 0 unspecified atom stereocenters. The van der Waals surface area contributed by atoms with Crippen molar-refractivity contribution in [3.05, 3.63) is 0 Å². The van der Waals surface area contributed by atoms with Gasteiger partial charge in [0.05, 0.1) is 0 Å². The van der Waals surface area contributed by atoms with Gasteiger partial charge in [0.25, 0.3) is 0 Å². The lowest BCUT2D eigenvalue weighted by Gasteiger charge is -2.03. The Kier molecular flexibility index (Phi) is 21.7. The van der Waals surface area contributed by atoms with Gasteiger partial charge in [-0.15, -0.1) is 0 Å². The molecule has 0 aromatic rings. The van der Waals surface area contributed by atoms with E-state index in [0.717, 1.165) is 0 Å². The van der Waals surface area contributed by atoms with Crippen LogP contribution in [0.4, 0.5) is 0 Å². The van der Waals surface area contributed by atoms with Crippen molar-refractivity contribution in [2.45, 2.75) is 96.8 Å². The summed E-state index contributed by atoms with van der Waals surface area (Å²) in [6.45, 7) is 3.48. The summed E-state index contributed by atoms with van der Waals surface area (Å²) in [6.07, 6.45) is 20.3. The Hall–Kier alpha value is -0.170. The van der Waals surface area contributed by atoms with Crippen LogP contribution in [0.1, 0.15) is 96.8 Å². The fraction of sp³-hybridized carbons (Fsp3) is 1.00. The quantitative estimate of drug-likeness (QED) is 0.284. The lowest BCUT2D eigenvalue weighted by Crippen LogP contribution is -2.06. The van der Waals surface area contributed by atoms with Crippen molar-refractivity contribution in [1.82, 2.24) is 5.32 Å². The normalized spacial score (nSPS) is 11.1. The average molecular weight is 354 g/mol. The van der Waals surface area contributed by atoms with Gasteiger partial charge in [-0.2, -0.15) is 8.42 Å². The number of hydrogen-bond donors (Lipinski definition) is 3. The molecule has 0 amide bonds. The maximum absolute atomic E-state index is 8.74. The first-order valence-electron chi connectivity index (χ1n) is 9.26. The van der Waals surface area contributed by atoms with Crippen LogP contribution in [-0.2, 0) is 10.4 Å². The Morgan fingerprint density at radius 1 is 0.652 bits per heavy atom. The summed E-state index contributed by atoms with van der Waals surface area (Å²) in [6, 6.07) is 0. The minimum Gasteiger partial charge on any atom is -0.320 e. The van der Waals surface area contributed by atoms with Gasteiger partial charge in [-0.3, -0.25) is 9.11 Å². The maximum Gasteiger partial charge on any atom is 0.394 e. The first kappa shape index (κ1) is 25.1. The molecular formula is C17H39NO4S. The predicted octanol–water partition coefficient (Wildman–Crippen LogP) is 5.03. The summed E-state index contributed by atoms with van der Waals surface area (Å²) in [5.41, 5.74) is 0. The Balaban J connectivity index is 0. The summed E-state index contributed by atoms with van der Waals surface area (Å²) in [7, 11) is -2.62. The molecule has 5 nitrogen and oxygen atoms in total. The topological polar surface area (TPSA) is 86.6 Å². The number of nitrogens with one attached hydrogen (secondary N) is 1. The van der Waals surface area contributed by atoms with Crippen LogP contribution in [0.2, 0.25) is 0 Å². The lowest BCUT2D eigenvalue weighted by molar-refractivity contribution is 0.381. The zero-order chi connectivity index (χ0) is 17.8. The molecule has 0 aliphatic heterocycles. The molecule has 3 N–H and O–H groups in total. The smallest absolute Gasteiger partial charge is 0.320 e. The predicted molar refractivity (Wildman–Crippen MR) is 98.4 cm³/mol. The van der Waals surface area contributed by atoms with Gasteiger partial charge >= 0.3 is 10.4 Å². The number of hydrogen-bond acceptors (Lipinski definition) is 3. The highest BCUT2D eigenvalue weighted by Gasteiger charge is 1.93. The van der Waals surface area contributed by atoms with E-state index in [1.165, 1.54) is 96.4 Å². The van der Waals surface area contributed by atoms with E-state index in [2.05, 4.69) is 12.2 Å². The van der Waals surface area contributed by atoms with Gasteiger partial charge < -0.3 is 5.32 Å². The molecule has 0 aromatic heterocycles. The molecule has 23 heavy (non-hydrogen) atoms. The highest BCUT2D eigenvalue weighted by Crippen LogP contribution is 2.12. The van der Waals surface area contributed by atoms with Gasteiger partial charge in [0.15, 0.2) is 0 Å². The van der Waals surface area contributed by atoms with E-state index in [1.807, 2.05) is 7.05 Å². The van der Waals surface area contributed by atoms with Crippen molar-refractivity contribution in [3.8, 4) is 0 Å². The van der Waals surface area contributed by atoms with Gasteiger partial charge in [-0.05, 0) is 20.0 Å². The van der Waals surface area contributed by atoms with Crippen LogP contribution in [0.3, 0.4) is 0 Å². The first-order chi connectivity index (χ1) is 10.9. The van der Waals surface area contributed by atoms with Crippen LogP contribution in [-0.4, -0.2) is 31.1 Å².